The summed E-state index contributed by atoms with van der Waals surface area (Å²) >= 11 is 0. The van der Waals surface area contributed by atoms with Gasteiger partial charge in [0.05, 0.1) is 7.11 Å². The molecule has 1 aliphatic rings. The van der Waals surface area contributed by atoms with Gasteiger partial charge in [-0.2, -0.15) is 0 Å². The molecule has 1 aromatic rings. The van der Waals surface area contributed by atoms with E-state index in [9.17, 15) is 9.18 Å². The van der Waals surface area contributed by atoms with Crippen molar-refractivity contribution in [2.75, 3.05) is 14.2 Å². The monoisotopic (exact) mass is 237 g/mol. The molecule has 1 unspecified atom stereocenters. The molecule has 2 rings (SSSR count). The number of likely N-dealkylation sites (N-methyl/N-ethyl adjacent to an activating group) is 1. The van der Waals surface area contributed by atoms with Crippen LogP contribution in [-0.4, -0.2) is 31.1 Å². The highest BCUT2D eigenvalue weighted by atomic mass is 19.1. The van der Waals surface area contributed by atoms with Crippen LogP contribution in [0, 0.1) is 5.82 Å². The first kappa shape index (κ1) is 12.0. The van der Waals surface area contributed by atoms with Gasteiger partial charge in [-0.3, -0.25) is 4.90 Å². The zero-order valence-corrected chi connectivity index (χ0v) is 10.0. The van der Waals surface area contributed by atoms with Crippen LogP contribution in [-0.2, 0) is 9.53 Å². The number of halogens is 1. The fourth-order valence-corrected chi connectivity index (χ4v) is 2.02. The van der Waals surface area contributed by atoms with E-state index in [0.717, 1.165) is 12.8 Å². The standard InChI is InChI=1S/C13H16FNO2/c1-15(11-6-7-11)12(13(16)17-2)9-4-3-5-10(14)8-9/h3-5,8,11-12H,6-7H2,1-2H3. The molecule has 0 bridgehead atoms. The smallest absolute Gasteiger partial charge is 0.327 e. The molecule has 1 saturated carbocycles. The molecular formula is C13H16FNO2. The Labute approximate surface area is 100 Å². The molecule has 0 N–H and O–H groups in total. The molecule has 0 amide bonds. The maximum atomic E-state index is 13.2. The Morgan fingerprint density at radius 3 is 2.76 bits per heavy atom. The van der Waals surface area contributed by atoms with Crippen molar-refractivity contribution in [1.82, 2.24) is 4.90 Å². The van der Waals surface area contributed by atoms with Crippen molar-refractivity contribution >= 4 is 5.97 Å². The molecule has 92 valence electrons. The minimum absolute atomic E-state index is 0.333. The van der Waals surface area contributed by atoms with Crippen LogP contribution >= 0.6 is 0 Å². The lowest BCUT2D eigenvalue weighted by atomic mass is 10.1. The van der Waals surface area contributed by atoms with Crippen molar-refractivity contribution in [3.63, 3.8) is 0 Å². The van der Waals surface area contributed by atoms with E-state index in [0.29, 0.717) is 11.6 Å². The molecule has 1 fully saturated rings. The van der Waals surface area contributed by atoms with E-state index in [1.165, 1.54) is 19.2 Å². The van der Waals surface area contributed by atoms with Gasteiger partial charge in [-0.15, -0.1) is 0 Å². The molecule has 0 spiro atoms. The van der Waals surface area contributed by atoms with Gasteiger partial charge in [0.25, 0.3) is 0 Å². The van der Waals surface area contributed by atoms with Gasteiger partial charge in [-0.1, -0.05) is 12.1 Å². The lowest BCUT2D eigenvalue weighted by Crippen LogP contribution is -2.33. The quantitative estimate of drug-likeness (QED) is 0.751. The SMILES string of the molecule is COC(=O)C(c1cccc(F)c1)N(C)C1CC1. The third kappa shape index (κ3) is 2.64. The van der Waals surface area contributed by atoms with E-state index < -0.39 is 6.04 Å². The fraction of sp³-hybridized carbons (Fsp3) is 0.462. The summed E-state index contributed by atoms with van der Waals surface area (Å²) in [4.78, 5) is 13.8. The van der Waals surface area contributed by atoms with E-state index in [1.807, 2.05) is 11.9 Å². The van der Waals surface area contributed by atoms with Gasteiger partial charge in [0.2, 0.25) is 0 Å². The van der Waals surface area contributed by atoms with Crippen molar-refractivity contribution in [1.29, 1.82) is 0 Å². The average Bonchev–Trinajstić information content (AvgIpc) is 3.13. The number of carbonyl (C=O) groups is 1. The van der Waals surface area contributed by atoms with Gasteiger partial charge in [0, 0.05) is 6.04 Å². The molecule has 1 aliphatic carbocycles. The Kier molecular flexibility index (Phi) is 3.43. The van der Waals surface area contributed by atoms with E-state index in [-0.39, 0.29) is 11.8 Å². The zero-order valence-electron chi connectivity index (χ0n) is 10.0. The normalized spacial score (nSPS) is 16.9. The number of hydrogen-bond acceptors (Lipinski definition) is 3. The molecule has 4 heteroatoms. The van der Waals surface area contributed by atoms with Gasteiger partial charge in [-0.25, -0.2) is 9.18 Å². The summed E-state index contributed by atoms with van der Waals surface area (Å²) in [6.07, 6.45) is 2.17. The third-order valence-electron chi connectivity index (χ3n) is 3.12. The highest BCUT2D eigenvalue weighted by molar-refractivity contribution is 5.77. The second-order valence-corrected chi connectivity index (χ2v) is 4.38. The maximum Gasteiger partial charge on any atom is 0.327 e. The summed E-state index contributed by atoms with van der Waals surface area (Å²) in [5.41, 5.74) is 0.645. The summed E-state index contributed by atoms with van der Waals surface area (Å²) < 4.78 is 18.0. The number of nitrogens with zero attached hydrogens (tertiary/aromatic N) is 1. The Morgan fingerprint density at radius 1 is 1.53 bits per heavy atom. The van der Waals surface area contributed by atoms with Crippen LogP contribution in [0.15, 0.2) is 24.3 Å². The van der Waals surface area contributed by atoms with Crippen LogP contribution in [0.2, 0.25) is 0 Å². The molecule has 0 radical (unpaired) electrons. The fourth-order valence-electron chi connectivity index (χ4n) is 2.02. The van der Waals surface area contributed by atoms with Gasteiger partial charge in [-0.05, 0) is 37.6 Å². The van der Waals surface area contributed by atoms with Crippen LogP contribution in [0.5, 0.6) is 0 Å². The van der Waals surface area contributed by atoms with Crippen molar-refractivity contribution in [2.24, 2.45) is 0 Å². The second-order valence-electron chi connectivity index (χ2n) is 4.38. The van der Waals surface area contributed by atoms with E-state index >= 15 is 0 Å². The lowest BCUT2D eigenvalue weighted by Gasteiger charge is -2.26. The van der Waals surface area contributed by atoms with Crippen LogP contribution in [0.3, 0.4) is 0 Å². The summed E-state index contributed by atoms with van der Waals surface area (Å²) in [6, 6.07) is 6.02. The highest BCUT2D eigenvalue weighted by Crippen LogP contribution is 2.33. The number of hydrogen-bond donors (Lipinski definition) is 0. The van der Waals surface area contributed by atoms with Gasteiger partial charge in [0.1, 0.15) is 11.9 Å². The first-order valence-electron chi connectivity index (χ1n) is 5.68. The molecule has 0 aromatic heterocycles. The van der Waals surface area contributed by atoms with Crippen LogP contribution in [0.4, 0.5) is 4.39 Å². The van der Waals surface area contributed by atoms with Crippen molar-refractivity contribution in [3.8, 4) is 0 Å². The van der Waals surface area contributed by atoms with Crippen LogP contribution in [0.25, 0.3) is 0 Å². The average molecular weight is 237 g/mol. The van der Waals surface area contributed by atoms with E-state index in [4.69, 9.17) is 4.74 Å². The molecule has 1 aromatic carbocycles. The van der Waals surface area contributed by atoms with Gasteiger partial charge in [0.15, 0.2) is 0 Å². The number of ether oxygens (including phenoxy) is 1. The van der Waals surface area contributed by atoms with Gasteiger partial charge >= 0.3 is 5.97 Å². The molecule has 3 nitrogen and oxygen atoms in total. The van der Waals surface area contributed by atoms with Crippen molar-refractivity contribution in [2.45, 2.75) is 24.9 Å². The first-order chi connectivity index (χ1) is 8.13. The summed E-state index contributed by atoms with van der Waals surface area (Å²) in [5, 5.41) is 0. The number of esters is 1. The molecule has 17 heavy (non-hydrogen) atoms. The largest absolute Gasteiger partial charge is 0.468 e. The number of rotatable bonds is 4. The molecule has 0 saturated heterocycles. The lowest BCUT2D eigenvalue weighted by molar-refractivity contribution is -0.147. The van der Waals surface area contributed by atoms with Gasteiger partial charge < -0.3 is 4.74 Å². The topological polar surface area (TPSA) is 29.5 Å². The number of methoxy groups -OCH3 is 1. The number of carbonyl (C=O) groups excluding carboxylic acids is 1. The highest BCUT2D eigenvalue weighted by Gasteiger charge is 2.36. The minimum Gasteiger partial charge on any atom is -0.468 e. The maximum absolute atomic E-state index is 13.2. The predicted molar refractivity (Wildman–Crippen MR) is 61.9 cm³/mol. The third-order valence-corrected chi connectivity index (χ3v) is 3.12. The van der Waals surface area contributed by atoms with Crippen LogP contribution in [0.1, 0.15) is 24.4 Å². The van der Waals surface area contributed by atoms with E-state index in [2.05, 4.69) is 0 Å². The summed E-state index contributed by atoms with van der Waals surface area (Å²) in [7, 11) is 3.24. The number of benzene rings is 1. The molecule has 0 aliphatic heterocycles. The molecule has 1 atom stereocenters. The van der Waals surface area contributed by atoms with Crippen LogP contribution < -0.4 is 0 Å². The molecule has 0 heterocycles. The second kappa shape index (κ2) is 4.84. The van der Waals surface area contributed by atoms with Crippen molar-refractivity contribution < 1.29 is 13.9 Å². The predicted octanol–water partition coefficient (Wildman–Crippen LogP) is 2.13. The van der Waals surface area contributed by atoms with E-state index in [1.54, 1.807) is 12.1 Å². The Balaban J connectivity index is 2.28. The minimum atomic E-state index is -0.511. The summed E-state index contributed by atoms with van der Waals surface area (Å²) in [6.45, 7) is 0. The zero-order chi connectivity index (χ0) is 12.4. The Hall–Kier alpha value is -1.42. The van der Waals surface area contributed by atoms with Crippen molar-refractivity contribution in [3.05, 3.63) is 35.6 Å². The Bertz CT molecular complexity index is 418. The Morgan fingerprint density at radius 2 is 2.24 bits per heavy atom. The first-order valence-corrected chi connectivity index (χ1v) is 5.68. The summed E-state index contributed by atoms with van der Waals surface area (Å²) in [5.74, 6) is -0.675. The molecular weight excluding hydrogens is 221 g/mol.